The molecule has 0 saturated heterocycles. The van der Waals surface area contributed by atoms with Gasteiger partial charge in [-0.15, -0.1) is 0 Å². The Balaban J connectivity index is 1.94. The number of halogens is 1. The Bertz CT molecular complexity index is 974. The normalized spacial score (nSPS) is 12.1. The molecule has 134 valence electrons. The number of aliphatic imine (C=N–C) groups is 2. The molecule has 3 rings (SSSR count). The molecular weight excluding hydrogens is 352 g/mol. The third-order valence-corrected chi connectivity index (χ3v) is 4.21. The Morgan fingerprint density at radius 2 is 1.37 bits per heavy atom. The number of benzene rings is 3. The molecule has 0 aromatic heterocycles. The Kier molecular flexibility index (Phi) is 6.35. The summed E-state index contributed by atoms with van der Waals surface area (Å²) < 4.78 is 0. The van der Waals surface area contributed by atoms with Crippen LogP contribution in [-0.2, 0) is 6.42 Å². The first kappa shape index (κ1) is 18.8. The molecule has 0 unspecified atom stereocenters. The van der Waals surface area contributed by atoms with E-state index in [9.17, 15) is 0 Å². The van der Waals surface area contributed by atoms with Crippen LogP contribution in [0.4, 0.5) is 0 Å². The first-order chi connectivity index (χ1) is 13.1. The van der Waals surface area contributed by atoms with E-state index in [-0.39, 0.29) is 5.16 Å². The summed E-state index contributed by atoms with van der Waals surface area (Å²) in [5.74, 6) is 0.561. The quantitative estimate of drug-likeness (QED) is 0.287. The van der Waals surface area contributed by atoms with Crippen LogP contribution in [0.1, 0.15) is 29.2 Å². The average Bonchev–Trinajstić information content (AvgIpc) is 2.69. The van der Waals surface area contributed by atoms with Gasteiger partial charge in [-0.1, -0.05) is 97.0 Å². The van der Waals surface area contributed by atoms with Gasteiger partial charge in [0.1, 0.15) is 5.16 Å². The molecule has 0 bridgehead atoms. The van der Waals surface area contributed by atoms with Gasteiger partial charge in [-0.25, -0.2) is 9.98 Å². The summed E-state index contributed by atoms with van der Waals surface area (Å²) >= 11 is 5.97. The minimum atomic E-state index is 0.211. The predicted octanol–water partition coefficient (Wildman–Crippen LogP) is 6.24. The van der Waals surface area contributed by atoms with Crippen LogP contribution in [0.3, 0.4) is 0 Å². The van der Waals surface area contributed by atoms with Crippen LogP contribution in [-0.4, -0.2) is 11.5 Å². The molecule has 0 atom stereocenters. The van der Waals surface area contributed by atoms with E-state index in [1.807, 2.05) is 55.5 Å². The second-order valence-electron chi connectivity index (χ2n) is 6.24. The molecule has 0 N–H and O–H groups in total. The van der Waals surface area contributed by atoms with Crippen LogP contribution in [0.2, 0.25) is 0 Å². The minimum absolute atomic E-state index is 0.211. The van der Waals surface area contributed by atoms with Crippen molar-refractivity contribution in [1.82, 2.24) is 0 Å². The first-order valence-corrected chi connectivity index (χ1v) is 9.16. The molecule has 27 heavy (non-hydrogen) atoms. The summed E-state index contributed by atoms with van der Waals surface area (Å²) in [5, 5.41) is 0.211. The molecule has 0 amide bonds. The van der Waals surface area contributed by atoms with Crippen LogP contribution in [0, 0.1) is 0 Å². The molecule has 3 aromatic rings. The maximum absolute atomic E-state index is 5.97. The predicted molar refractivity (Wildman–Crippen MR) is 116 cm³/mol. The third kappa shape index (κ3) is 5.50. The summed E-state index contributed by atoms with van der Waals surface area (Å²) in [6, 6.07) is 28.6. The summed E-state index contributed by atoms with van der Waals surface area (Å²) in [4.78, 5) is 9.09. The van der Waals surface area contributed by atoms with E-state index in [1.54, 1.807) is 0 Å². The van der Waals surface area contributed by atoms with Crippen LogP contribution in [0.15, 0.2) is 107 Å². The Morgan fingerprint density at radius 1 is 0.778 bits per heavy atom. The maximum atomic E-state index is 5.97. The first-order valence-electron chi connectivity index (χ1n) is 8.79. The van der Waals surface area contributed by atoms with Gasteiger partial charge in [-0.05, 0) is 36.1 Å². The van der Waals surface area contributed by atoms with Crippen molar-refractivity contribution >= 4 is 23.1 Å². The molecule has 0 heterocycles. The van der Waals surface area contributed by atoms with Crippen LogP contribution in [0.5, 0.6) is 0 Å². The zero-order valence-electron chi connectivity index (χ0n) is 15.3. The van der Waals surface area contributed by atoms with Gasteiger partial charge in [0.2, 0.25) is 0 Å². The third-order valence-electron chi connectivity index (χ3n) is 4.13. The van der Waals surface area contributed by atoms with Crippen molar-refractivity contribution in [3.05, 3.63) is 119 Å². The van der Waals surface area contributed by atoms with Crippen molar-refractivity contribution in [2.24, 2.45) is 9.98 Å². The average molecular weight is 373 g/mol. The number of nitrogens with zero attached hydrogens (tertiary/aromatic N) is 2. The van der Waals surface area contributed by atoms with Gasteiger partial charge in [-0.2, -0.15) is 0 Å². The van der Waals surface area contributed by atoms with E-state index in [2.05, 4.69) is 48.0 Å². The zero-order valence-corrected chi connectivity index (χ0v) is 16.0. The molecule has 0 radical (unpaired) electrons. The lowest BCUT2D eigenvalue weighted by Gasteiger charge is -2.08. The number of rotatable bonds is 5. The van der Waals surface area contributed by atoms with Crippen molar-refractivity contribution in [2.45, 2.75) is 13.3 Å². The fourth-order valence-corrected chi connectivity index (χ4v) is 2.90. The Labute approximate surface area is 165 Å². The lowest BCUT2D eigenvalue weighted by Crippen LogP contribution is -2.04. The van der Waals surface area contributed by atoms with Crippen LogP contribution < -0.4 is 0 Å². The van der Waals surface area contributed by atoms with Gasteiger partial charge in [-0.3, -0.25) is 0 Å². The number of hydrogen-bond donors (Lipinski definition) is 0. The fourth-order valence-electron chi connectivity index (χ4n) is 2.82. The van der Waals surface area contributed by atoms with Crippen LogP contribution in [0.25, 0.3) is 0 Å². The standard InChI is InChI=1S/C24H21ClN2/c1-18(22-13-7-4-8-14-22)26-24(27-19(2)25)23-15-9-12-21(17-23)16-20-10-5-3-6-11-20/h3-15,17H,2,16H2,1H3. The molecule has 2 nitrogen and oxygen atoms in total. The van der Waals surface area contributed by atoms with Gasteiger partial charge in [0.15, 0.2) is 5.84 Å². The lowest BCUT2D eigenvalue weighted by atomic mass is 10.0. The minimum Gasteiger partial charge on any atom is -0.233 e. The van der Waals surface area contributed by atoms with Gasteiger partial charge in [0, 0.05) is 11.3 Å². The maximum Gasteiger partial charge on any atom is 0.161 e. The summed E-state index contributed by atoms with van der Waals surface area (Å²) in [6.45, 7) is 5.67. The van der Waals surface area contributed by atoms with E-state index < -0.39 is 0 Å². The van der Waals surface area contributed by atoms with Crippen molar-refractivity contribution in [3.8, 4) is 0 Å². The Hall–Kier alpha value is -2.97. The van der Waals surface area contributed by atoms with Crippen molar-refractivity contribution < 1.29 is 0 Å². The van der Waals surface area contributed by atoms with E-state index in [0.717, 1.165) is 23.3 Å². The van der Waals surface area contributed by atoms with Crippen molar-refractivity contribution in [1.29, 1.82) is 0 Å². The molecule has 0 saturated carbocycles. The van der Waals surface area contributed by atoms with E-state index in [4.69, 9.17) is 16.6 Å². The number of hydrogen-bond acceptors (Lipinski definition) is 1. The van der Waals surface area contributed by atoms with E-state index in [0.29, 0.717) is 5.84 Å². The van der Waals surface area contributed by atoms with Crippen molar-refractivity contribution in [3.63, 3.8) is 0 Å². The summed E-state index contributed by atoms with van der Waals surface area (Å²) in [6.07, 6.45) is 0.852. The highest BCUT2D eigenvalue weighted by Gasteiger charge is 2.07. The smallest absolute Gasteiger partial charge is 0.161 e. The molecular formula is C24H21ClN2. The van der Waals surface area contributed by atoms with Crippen LogP contribution >= 0.6 is 11.6 Å². The molecule has 0 aliphatic carbocycles. The summed E-state index contributed by atoms with van der Waals surface area (Å²) in [5.41, 5.74) is 5.30. The van der Waals surface area contributed by atoms with Gasteiger partial charge in [0.25, 0.3) is 0 Å². The van der Waals surface area contributed by atoms with Gasteiger partial charge < -0.3 is 0 Å². The second kappa shape index (κ2) is 9.11. The largest absolute Gasteiger partial charge is 0.233 e. The summed E-state index contributed by atoms with van der Waals surface area (Å²) in [7, 11) is 0. The monoisotopic (exact) mass is 372 g/mol. The van der Waals surface area contributed by atoms with E-state index >= 15 is 0 Å². The van der Waals surface area contributed by atoms with E-state index in [1.165, 1.54) is 11.1 Å². The zero-order chi connectivity index (χ0) is 19.1. The molecule has 0 aliphatic heterocycles. The molecule has 0 aliphatic rings. The van der Waals surface area contributed by atoms with Gasteiger partial charge in [0.05, 0.1) is 0 Å². The SMILES string of the molecule is C=C(Cl)N=C(N=C(C)c1ccccc1)c1cccc(Cc2ccccc2)c1. The van der Waals surface area contributed by atoms with Crippen molar-refractivity contribution in [2.75, 3.05) is 0 Å². The molecule has 0 spiro atoms. The van der Waals surface area contributed by atoms with Gasteiger partial charge >= 0.3 is 0 Å². The molecule has 3 heteroatoms. The second-order valence-corrected chi connectivity index (χ2v) is 6.67. The Morgan fingerprint density at radius 3 is 2.04 bits per heavy atom. The number of amidine groups is 1. The lowest BCUT2D eigenvalue weighted by molar-refractivity contribution is 1.19. The topological polar surface area (TPSA) is 24.7 Å². The fraction of sp³-hybridized carbons (Fsp3) is 0.0833. The highest BCUT2D eigenvalue weighted by molar-refractivity contribution is 6.30. The molecule has 3 aromatic carbocycles. The highest BCUT2D eigenvalue weighted by atomic mass is 35.5. The molecule has 0 fully saturated rings. The highest BCUT2D eigenvalue weighted by Crippen LogP contribution is 2.15.